The average Bonchev–Trinajstić information content (AvgIpc) is 2.87. The van der Waals surface area contributed by atoms with Crippen LogP contribution in [0, 0.1) is 6.92 Å². The fourth-order valence-corrected chi connectivity index (χ4v) is 4.16. The fraction of sp³-hybridized carbons (Fsp3) is 0.138. The summed E-state index contributed by atoms with van der Waals surface area (Å²) in [4.78, 5) is 27.6. The summed E-state index contributed by atoms with van der Waals surface area (Å²) >= 11 is 0. The molecule has 0 amide bonds. The second-order valence-corrected chi connectivity index (χ2v) is 8.47. The van der Waals surface area contributed by atoms with E-state index in [4.69, 9.17) is 5.11 Å². The molecule has 4 aromatic rings. The maximum Gasteiger partial charge on any atom is 0.433 e. The number of ketones is 1. The molecular weight excluding hydrogens is 467 g/mol. The number of hydrogen-bond donors (Lipinski definition) is 1. The first-order chi connectivity index (χ1) is 17.1. The average molecular weight is 489 g/mol. The van der Waals surface area contributed by atoms with Crippen molar-refractivity contribution in [1.29, 1.82) is 0 Å². The summed E-state index contributed by atoms with van der Waals surface area (Å²) in [6, 6.07) is 23.8. The lowest BCUT2D eigenvalue weighted by molar-refractivity contribution is -0.141. The predicted octanol–water partition coefficient (Wildman–Crippen LogP) is 7.18. The number of carbonyl (C=O) groups is 2. The van der Waals surface area contributed by atoms with E-state index >= 15 is 0 Å². The van der Waals surface area contributed by atoms with Crippen molar-refractivity contribution in [2.24, 2.45) is 0 Å². The number of halogens is 3. The Morgan fingerprint density at radius 1 is 0.861 bits per heavy atom. The van der Waals surface area contributed by atoms with E-state index in [0.29, 0.717) is 0 Å². The maximum absolute atomic E-state index is 13.1. The number of carboxylic acids is 1. The van der Waals surface area contributed by atoms with Gasteiger partial charge in [0.2, 0.25) is 0 Å². The van der Waals surface area contributed by atoms with E-state index in [-0.39, 0.29) is 23.5 Å². The Morgan fingerprint density at radius 3 is 2.06 bits per heavy atom. The minimum absolute atomic E-state index is 0.0151. The molecule has 0 aliphatic rings. The summed E-state index contributed by atoms with van der Waals surface area (Å²) in [7, 11) is 0. The summed E-state index contributed by atoms with van der Waals surface area (Å²) in [6.07, 6.45) is -3.65. The van der Waals surface area contributed by atoms with Crippen LogP contribution in [0.4, 0.5) is 13.2 Å². The molecule has 1 heterocycles. The highest BCUT2D eigenvalue weighted by molar-refractivity contribution is 5.97. The van der Waals surface area contributed by atoms with Gasteiger partial charge >= 0.3 is 12.1 Å². The van der Waals surface area contributed by atoms with Crippen molar-refractivity contribution >= 4 is 11.8 Å². The molecule has 0 spiro atoms. The molecule has 0 aliphatic carbocycles. The number of carboxylic acid groups (broad SMARTS) is 1. The molecule has 0 aliphatic heterocycles. The van der Waals surface area contributed by atoms with E-state index in [9.17, 15) is 22.8 Å². The van der Waals surface area contributed by atoms with Crippen LogP contribution in [0.5, 0.6) is 0 Å². The van der Waals surface area contributed by atoms with Crippen molar-refractivity contribution < 1.29 is 27.9 Å². The molecule has 36 heavy (non-hydrogen) atoms. The lowest BCUT2D eigenvalue weighted by Gasteiger charge is -2.20. The number of rotatable bonds is 7. The SMILES string of the molecule is Cc1ccccc1C(CC(=O)c1ccnc(C(F)(F)F)c1)c1ccc(-c2ccc(C(=O)O)cc2)cc1. The van der Waals surface area contributed by atoms with Crippen LogP contribution in [0.25, 0.3) is 11.1 Å². The van der Waals surface area contributed by atoms with Crippen molar-refractivity contribution in [2.45, 2.75) is 25.4 Å². The van der Waals surface area contributed by atoms with Gasteiger partial charge in [-0.15, -0.1) is 0 Å². The van der Waals surface area contributed by atoms with E-state index in [1.807, 2.05) is 55.5 Å². The van der Waals surface area contributed by atoms with Crippen molar-refractivity contribution in [3.8, 4) is 11.1 Å². The third-order valence-electron chi connectivity index (χ3n) is 6.10. The summed E-state index contributed by atoms with van der Waals surface area (Å²) in [5.41, 5.74) is 3.49. The zero-order valence-corrected chi connectivity index (χ0v) is 19.3. The van der Waals surface area contributed by atoms with Crippen molar-refractivity contribution in [2.75, 3.05) is 0 Å². The Labute approximate surface area is 206 Å². The lowest BCUT2D eigenvalue weighted by Crippen LogP contribution is -2.13. The molecule has 0 radical (unpaired) electrons. The van der Waals surface area contributed by atoms with Gasteiger partial charge in [-0.2, -0.15) is 13.2 Å². The van der Waals surface area contributed by atoms with Gasteiger partial charge in [0.15, 0.2) is 5.78 Å². The zero-order chi connectivity index (χ0) is 25.9. The molecule has 182 valence electrons. The molecule has 0 fully saturated rings. The number of nitrogens with zero attached hydrogens (tertiary/aromatic N) is 1. The first-order valence-corrected chi connectivity index (χ1v) is 11.2. The topological polar surface area (TPSA) is 67.3 Å². The van der Waals surface area contributed by atoms with Crippen LogP contribution in [0.1, 0.15) is 55.4 Å². The third-order valence-corrected chi connectivity index (χ3v) is 6.10. The van der Waals surface area contributed by atoms with Gasteiger partial charge in [-0.05, 0) is 59.0 Å². The largest absolute Gasteiger partial charge is 0.478 e. The van der Waals surface area contributed by atoms with Gasteiger partial charge in [0, 0.05) is 24.1 Å². The first-order valence-electron chi connectivity index (χ1n) is 11.2. The van der Waals surface area contributed by atoms with Gasteiger partial charge in [-0.1, -0.05) is 60.7 Å². The number of carbonyl (C=O) groups excluding carboxylic acids is 1. The van der Waals surface area contributed by atoms with Gasteiger partial charge in [0.25, 0.3) is 0 Å². The molecule has 1 N–H and O–H groups in total. The molecule has 1 unspecified atom stereocenters. The van der Waals surface area contributed by atoms with Gasteiger partial charge in [0.05, 0.1) is 5.56 Å². The van der Waals surface area contributed by atoms with E-state index in [2.05, 4.69) is 4.98 Å². The number of aromatic carboxylic acids is 1. The summed E-state index contributed by atoms with van der Waals surface area (Å²) in [5, 5.41) is 9.10. The van der Waals surface area contributed by atoms with Gasteiger partial charge in [0.1, 0.15) is 5.69 Å². The van der Waals surface area contributed by atoms with Crippen molar-refractivity contribution in [3.05, 3.63) is 125 Å². The fourth-order valence-electron chi connectivity index (χ4n) is 4.16. The molecule has 0 bridgehead atoms. The monoisotopic (exact) mass is 489 g/mol. The van der Waals surface area contributed by atoms with Crippen LogP contribution < -0.4 is 0 Å². The number of aromatic nitrogens is 1. The Bertz CT molecular complexity index is 1390. The minimum Gasteiger partial charge on any atom is -0.478 e. The Hall–Kier alpha value is -4.26. The Morgan fingerprint density at radius 2 is 1.47 bits per heavy atom. The van der Waals surface area contributed by atoms with Crippen LogP contribution in [-0.4, -0.2) is 21.8 Å². The standard InChI is InChI=1S/C29H22F3NO3/c1-18-4-2-3-5-24(18)25(17-26(34)23-14-15-33-27(16-23)29(30,31)32)21-10-6-19(7-11-21)20-8-12-22(13-9-20)28(35)36/h2-16,25H,17H2,1H3,(H,35,36). The van der Waals surface area contributed by atoms with E-state index in [0.717, 1.165) is 40.1 Å². The Kier molecular flexibility index (Phi) is 7.01. The quantitative estimate of drug-likeness (QED) is 0.279. The number of Topliss-reactive ketones (excluding diaryl/α,β-unsaturated/α-hetero) is 1. The molecule has 0 saturated carbocycles. The van der Waals surface area contributed by atoms with Crippen molar-refractivity contribution in [1.82, 2.24) is 4.98 Å². The third kappa shape index (κ3) is 5.51. The summed E-state index contributed by atoms with van der Waals surface area (Å²) in [5.74, 6) is -1.78. The highest BCUT2D eigenvalue weighted by atomic mass is 19.4. The van der Waals surface area contributed by atoms with Gasteiger partial charge in [-0.3, -0.25) is 9.78 Å². The second kappa shape index (κ2) is 10.2. The van der Waals surface area contributed by atoms with Crippen molar-refractivity contribution in [3.63, 3.8) is 0 Å². The number of benzene rings is 3. The summed E-state index contributed by atoms with van der Waals surface area (Å²) < 4.78 is 39.3. The number of pyridine rings is 1. The van der Waals surface area contributed by atoms with E-state index in [1.54, 1.807) is 12.1 Å². The highest BCUT2D eigenvalue weighted by Crippen LogP contribution is 2.34. The van der Waals surface area contributed by atoms with E-state index < -0.39 is 23.6 Å². The molecular formula is C29H22F3NO3. The minimum atomic E-state index is -4.63. The lowest BCUT2D eigenvalue weighted by atomic mass is 9.83. The summed E-state index contributed by atoms with van der Waals surface area (Å²) in [6.45, 7) is 1.93. The molecule has 7 heteroatoms. The number of aryl methyl sites for hydroxylation is 1. The van der Waals surface area contributed by atoms with Gasteiger partial charge in [-0.25, -0.2) is 4.79 Å². The maximum atomic E-state index is 13.1. The van der Waals surface area contributed by atoms with E-state index in [1.165, 1.54) is 18.2 Å². The van der Waals surface area contributed by atoms with Crippen LogP contribution in [0.2, 0.25) is 0 Å². The number of hydrogen-bond acceptors (Lipinski definition) is 3. The van der Waals surface area contributed by atoms with Crippen LogP contribution in [0.3, 0.4) is 0 Å². The predicted molar refractivity (Wildman–Crippen MR) is 130 cm³/mol. The number of alkyl halides is 3. The smallest absolute Gasteiger partial charge is 0.433 e. The molecule has 0 saturated heterocycles. The molecule has 1 atom stereocenters. The normalized spacial score (nSPS) is 12.2. The molecule has 1 aromatic heterocycles. The Balaban J connectivity index is 1.66. The molecule has 4 nitrogen and oxygen atoms in total. The highest BCUT2D eigenvalue weighted by Gasteiger charge is 2.33. The van der Waals surface area contributed by atoms with Crippen LogP contribution in [-0.2, 0) is 6.18 Å². The van der Waals surface area contributed by atoms with Crippen LogP contribution in [0.15, 0.2) is 91.1 Å². The van der Waals surface area contributed by atoms with Crippen LogP contribution >= 0.6 is 0 Å². The first kappa shape index (κ1) is 24.9. The molecule has 4 rings (SSSR count). The molecule has 3 aromatic carbocycles. The zero-order valence-electron chi connectivity index (χ0n) is 19.3. The van der Waals surface area contributed by atoms with Gasteiger partial charge < -0.3 is 5.11 Å². The second-order valence-electron chi connectivity index (χ2n) is 8.47.